The van der Waals surface area contributed by atoms with Gasteiger partial charge < -0.3 is 4.57 Å². The number of rotatable bonds is 1. The Balaban J connectivity index is 2.68. The highest BCUT2D eigenvalue weighted by Crippen LogP contribution is 2.20. The lowest BCUT2D eigenvalue weighted by molar-refractivity contribution is 0.921. The minimum atomic E-state index is 0.0435. The molecule has 88 valence electrons. The zero-order valence-electron chi connectivity index (χ0n) is 10.1. The van der Waals surface area contributed by atoms with Crippen molar-refractivity contribution < 1.29 is 0 Å². The third-order valence-corrected chi connectivity index (χ3v) is 3.23. The van der Waals surface area contributed by atoms with Crippen molar-refractivity contribution >= 4 is 11.6 Å². The Morgan fingerprint density at radius 2 is 1.59 bits per heavy atom. The van der Waals surface area contributed by atoms with Crippen LogP contribution in [0.25, 0.3) is 5.69 Å². The highest BCUT2D eigenvalue weighted by molar-refractivity contribution is 6.31. The van der Waals surface area contributed by atoms with Gasteiger partial charge >= 0.3 is 0 Å². The van der Waals surface area contributed by atoms with Gasteiger partial charge in [-0.1, -0.05) is 11.6 Å². The van der Waals surface area contributed by atoms with Crippen molar-refractivity contribution in [3.63, 3.8) is 0 Å². The number of pyridine rings is 1. The van der Waals surface area contributed by atoms with E-state index in [1.54, 1.807) is 12.1 Å². The quantitative estimate of drug-likeness (QED) is 0.757. The maximum absolute atomic E-state index is 11.4. The predicted octanol–water partition coefficient (Wildman–Crippen LogP) is 3.42. The summed E-state index contributed by atoms with van der Waals surface area (Å²) in [5.41, 5.74) is 3.96. The molecule has 2 aromatic rings. The van der Waals surface area contributed by atoms with Gasteiger partial charge in [0.2, 0.25) is 0 Å². The van der Waals surface area contributed by atoms with Gasteiger partial charge in [0.05, 0.1) is 0 Å². The third-order valence-electron chi connectivity index (χ3n) is 2.81. The molecule has 3 heteroatoms. The van der Waals surface area contributed by atoms with Crippen molar-refractivity contribution in [2.24, 2.45) is 0 Å². The minimum Gasteiger partial charge on any atom is -0.318 e. The van der Waals surface area contributed by atoms with Crippen LogP contribution in [-0.4, -0.2) is 4.57 Å². The normalized spacial score (nSPS) is 10.6. The number of benzene rings is 1. The van der Waals surface area contributed by atoms with Gasteiger partial charge in [-0.3, -0.25) is 4.79 Å². The van der Waals surface area contributed by atoms with E-state index in [-0.39, 0.29) is 5.43 Å². The maximum atomic E-state index is 11.4. The molecule has 1 aromatic heterocycles. The monoisotopic (exact) mass is 247 g/mol. The van der Waals surface area contributed by atoms with E-state index in [2.05, 4.69) is 0 Å². The van der Waals surface area contributed by atoms with Gasteiger partial charge in [0, 0.05) is 34.2 Å². The first-order valence-electron chi connectivity index (χ1n) is 5.46. The summed E-state index contributed by atoms with van der Waals surface area (Å²) in [7, 11) is 0. The minimum absolute atomic E-state index is 0.0435. The molecule has 0 aliphatic rings. The molecule has 1 heterocycles. The Hall–Kier alpha value is -1.54. The summed E-state index contributed by atoms with van der Waals surface area (Å²) in [5.74, 6) is 0. The van der Waals surface area contributed by atoms with Crippen LogP contribution < -0.4 is 5.43 Å². The number of hydrogen-bond acceptors (Lipinski definition) is 1. The molecule has 0 spiro atoms. The number of nitrogens with zero attached hydrogens (tertiary/aromatic N) is 1. The largest absolute Gasteiger partial charge is 0.318 e. The van der Waals surface area contributed by atoms with Crippen LogP contribution in [-0.2, 0) is 0 Å². The maximum Gasteiger partial charge on any atom is 0.182 e. The summed E-state index contributed by atoms with van der Waals surface area (Å²) in [5, 5.41) is 0.755. The van der Waals surface area contributed by atoms with Gasteiger partial charge in [0.25, 0.3) is 0 Å². The number of aromatic nitrogens is 1. The molecule has 0 bridgehead atoms. The molecular weight excluding hydrogens is 234 g/mol. The van der Waals surface area contributed by atoms with Gasteiger partial charge in [-0.15, -0.1) is 0 Å². The van der Waals surface area contributed by atoms with E-state index < -0.39 is 0 Å². The summed E-state index contributed by atoms with van der Waals surface area (Å²) in [4.78, 5) is 11.4. The molecule has 0 amide bonds. The lowest BCUT2D eigenvalue weighted by atomic mass is 10.2. The van der Waals surface area contributed by atoms with E-state index in [1.807, 2.05) is 43.5 Å². The van der Waals surface area contributed by atoms with E-state index in [0.29, 0.717) is 0 Å². The smallest absolute Gasteiger partial charge is 0.182 e. The van der Waals surface area contributed by atoms with E-state index in [0.717, 1.165) is 27.7 Å². The first-order valence-corrected chi connectivity index (χ1v) is 5.83. The average Bonchev–Trinajstić information content (AvgIpc) is 2.21. The Bertz CT molecular complexity index is 602. The summed E-state index contributed by atoms with van der Waals surface area (Å²) in [6.07, 6.45) is 0. The third kappa shape index (κ3) is 2.27. The fourth-order valence-corrected chi connectivity index (χ4v) is 2.15. The first-order chi connectivity index (χ1) is 7.99. The molecule has 0 saturated carbocycles. The summed E-state index contributed by atoms with van der Waals surface area (Å²) >= 11 is 6.01. The molecule has 0 atom stereocenters. The van der Waals surface area contributed by atoms with E-state index in [1.165, 1.54) is 0 Å². The van der Waals surface area contributed by atoms with Crippen LogP contribution in [0, 0.1) is 20.8 Å². The molecule has 0 N–H and O–H groups in total. The fraction of sp³-hybridized carbons (Fsp3) is 0.214. The molecule has 0 fully saturated rings. The standard InChI is InChI=1S/C14H14ClNO/c1-9-6-12(4-5-14(9)15)16-10(2)7-13(17)8-11(16)3/h4-8H,1-3H3. The van der Waals surface area contributed by atoms with Gasteiger partial charge in [-0.25, -0.2) is 0 Å². The van der Waals surface area contributed by atoms with Crippen molar-refractivity contribution in [1.29, 1.82) is 0 Å². The molecule has 0 aliphatic carbocycles. The second-order valence-electron chi connectivity index (χ2n) is 4.24. The highest BCUT2D eigenvalue weighted by atomic mass is 35.5. The number of aryl methyl sites for hydroxylation is 3. The Morgan fingerprint density at radius 1 is 1.00 bits per heavy atom. The SMILES string of the molecule is Cc1cc(-n2c(C)cc(=O)cc2C)ccc1Cl. The zero-order valence-corrected chi connectivity index (χ0v) is 10.9. The van der Waals surface area contributed by atoms with Crippen LogP contribution in [0.15, 0.2) is 35.1 Å². The molecule has 2 nitrogen and oxygen atoms in total. The Labute approximate surface area is 105 Å². The van der Waals surface area contributed by atoms with Crippen LogP contribution >= 0.6 is 11.6 Å². The second kappa shape index (κ2) is 4.38. The summed E-state index contributed by atoms with van der Waals surface area (Å²) < 4.78 is 2.05. The molecule has 2 rings (SSSR count). The van der Waals surface area contributed by atoms with Crippen molar-refractivity contribution in [2.45, 2.75) is 20.8 Å². The van der Waals surface area contributed by atoms with Gasteiger partial charge in [0.15, 0.2) is 5.43 Å². The van der Waals surface area contributed by atoms with Crippen LogP contribution in [0.5, 0.6) is 0 Å². The zero-order chi connectivity index (χ0) is 12.6. The predicted molar refractivity (Wildman–Crippen MR) is 71.3 cm³/mol. The Kier molecular flexibility index (Phi) is 3.07. The summed E-state index contributed by atoms with van der Waals surface area (Å²) in [6, 6.07) is 9.13. The topological polar surface area (TPSA) is 22.0 Å². The summed E-state index contributed by atoms with van der Waals surface area (Å²) in [6.45, 7) is 5.83. The first kappa shape index (κ1) is 11.9. The van der Waals surface area contributed by atoms with Crippen LogP contribution in [0.3, 0.4) is 0 Å². The van der Waals surface area contributed by atoms with Crippen molar-refractivity contribution in [2.75, 3.05) is 0 Å². The lowest BCUT2D eigenvalue weighted by Crippen LogP contribution is -2.11. The van der Waals surface area contributed by atoms with E-state index in [4.69, 9.17) is 11.6 Å². The molecule has 17 heavy (non-hydrogen) atoms. The molecular formula is C14H14ClNO. The van der Waals surface area contributed by atoms with E-state index >= 15 is 0 Å². The van der Waals surface area contributed by atoms with Crippen LogP contribution in [0.1, 0.15) is 17.0 Å². The van der Waals surface area contributed by atoms with Crippen molar-refractivity contribution in [1.82, 2.24) is 4.57 Å². The van der Waals surface area contributed by atoms with Crippen molar-refractivity contribution in [3.05, 3.63) is 62.5 Å². The van der Waals surface area contributed by atoms with Gasteiger partial charge in [-0.2, -0.15) is 0 Å². The highest BCUT2D eigenvalue weighted by Gasteiger charge is 2.05. The van der Waals surface area contributed by atoms with Crippen molar-refractivity contribution in [3.8, 4) is 5.69 Å². The average molecular weight is 248 g/mol. The molecule has 0 radical (unpaired) electrons. The van der Waals surface area contributed by atoms with Gasteiger partial charge in [0.1, 0.15) is 0 Å². The molecule has 1 aromatic carbocycles. The number of hydrogen-bond donors (Lipinski definition) is 0. The fourth-order valence-electron chi connectivity index (χ4n) is 2.04. The van der Waals surface area contributed by atoms with Crippen LogP contribution in [0.4, 0.5) is 0 Å². The van der Waals surface area contributed by atoms with Gasteiger partial charge in [-0.05, 0) is 44.5 Å². The Morgan fingerprint density at radius 3 is 2.12 bits per heavy atom. The number of halogens is 1. The molecule has 0 aliphatic heterocycles. The molecule has 0 saturated heterocycles. The second-order valence-corrected chi connectivity index (χ2v) is 4.65. The van der Waals surface area contributed by atoms with Crippen LogP contribution in [0.2, 0.25) is 5.02 Å². The molecule has 0 unspecified atom stereocenters. The van der Waals surface area contributed by atoms with E-state index in [9.17, 15) is 4.79 Å². The lowest BCUT2D eigenvalue weighted by Gasteiger charge is -2.15.